The Morgan fingerprint density at radius 2 is 0.375 bits per heavy atom. The monoisotopic (exact) mass is 1340 g/mol. The van der Waals surface area contributed by atoms with E-state index < -0.39 is 23.7 Å². The minimum absolute atomic E-state index is 0.139. The molecule has 0 spiro atoms. The molecule has 2 fully saturated rings. The van der Waals surface area contributed by atoms with E-state index in [9.17, 15) is 28.8 Å². The molecular formula is C84H152N6O6. The van der Waals surface area contributed by atoms with Crippen LogP contribution >= 0.6 is 0 Å². The topological polar surface area (TPSA) is 157 Å². The van der Waals surface area contributed by atoms with Gasteiger partial charge in [0.1, 0.15) is 0 Å². The van der Waals surface area contributed by atoms with Gasteiger partial charge in [-0.3, -0.25) is 28.8 Å². The van der Waals surface area contributed by atoms with Crippen molar-refractivity contribution < 1.29 is 28.8 Å². The van der Waals surface area contributed by atoms with E-state index in [1.165, 1.54) is 283 Å². The van der Waals surface area contributed by atoms with Gasteiger partial charge < -0.3 is 31.1 Å². The molecule has 6 amide bonds. The predicted molar refractivity (Wildman–Crippen MR) is 405 cm³/mol. The summed E-state index contributed by atoms with van der Waals surface area (Å²) in [5.74, 6) is -3.93. The molecule has 3 rings (SSSR count). The summed E-state index contributed by atoms with van der Waals surface area (Å²) in [4.78, 5) is 88.0. The van der Waals surface area contributed by atoms with Gasteiger partial charge in [0.25, 0.3) is 11.8 Å². The fourth-order valence-electron chi connectivity index (χ4n) is 14.8. The van der Waals surface area contributed by atoms with Gasteiger partial charge in [-0.1, -0.05) is 362 Å². The fourth-order valence-corrected chi connectivity index (χ4v) is 14.8. The van der Waals surface area contributed by atoms with Crippen molar-refractivity contribution in [1.29, 1.82) is 0 Å². The largest absolute Gasteiger partial charge is 0.356 e. The van der Waals surface area contributed by atoms with Gasteiger partial charge in [-0.25, -0.2) is 0 Å². The van der Waals surface area contributed by atoms with Gasteiger partial charge in [0.2, 0.25) is 23.6 Å². The first-order valence-electron chi connectivity index (χ1n) is 42.0. The maximum Gasteiger partial charge on any atom is 0.253 e. The fraction of sp³-hybridized carbons (Fsp3) is 0.857. The third-order valence-corrected chi connectivity index (χ3v) is 21.3. The number of likely N-dealkylation sites (tertiary alicyclic amines) is 2. The van der Waals surface area contributed by atoms with Crippen LogP contribution in [0.25, 0.3) is 0 Å². The van der Waals surface area contributed by atoms with Gasteiger partial charge in [-0.15, -0.1) is 0 Å². The van der Waals surface area contributed by atoms with E-state index in [-0.39, 0.29) is 61.6 Å². The summed E-state index contributed by atoms with van der Waals surface area (Å²) >= 11 is 0. The molecule has 554 valence electrons. The van der Waals surface area contributed by atoms with E-state index in [1.54, 1.807) is 34.1 Å². The smallest absolute Gasteiger partial charge is 0.253 e. The number of carbonyl (C=O) groups excluding carboxylic acids is 6. The molecule has 0 radical (unpaired) electrons. The molecule has 2 saturated heterocycles. The second kappa shape index (κ2) is 61.0. The number of hydrogen-bond donors (Lipinski definition) is 4. The molecule has 1 aromatic carbocycles. The van der Waals surface area contributed by atoms with Crippen molar-refractivity contribution in [2.24, 2.45) is 23.7 Å². The van der Waals surface area contributed by atoms with Crippen LogP contribution in [-0.2, 0) is 19.2 Å². The van der Waals surface area contributed by atoms with Crippen LogP contribution in [0.5, 0.6) is 0 Å². The van der Waals surface area contributed by atoms with Crippen LogP contribution in [0.1, 0.15) is 408 Å². The van der Waals surface area contributed by atoms with Crippen LogP contribution in [-0.4, -0.2) is 97.6 Å². The zero-order valence-corrected chi connectivity index (χ0v) is 63.2. The second-order valence-electron chi connectivity index (χ2n) is 30.0. The van der Waals surface area contributed by atoms with Crippen LogP contribution < -0.4 is 21.3 Å². The zero-order chi connectivity index (χ0) is 69.0. The van der Waals surface area contributed by atoms with Crippen LogP contribution in [0.15, 0.2) is 24.3 Å². The van der Waals surface area contributed by atoms with Crippen LogP contribution in [0.2, 0.25) is 0 Å². The molecule has 0 saturated carbocycles. The maximum absolute atomic E-state index is 14.3. The Labute approximate surface area is 591 Å². The Kier molecular flexibility index (Phi) is 54.8. The molecular weight excluding hydrogens is 1190 g/mol. The van der Waals surface area contributed by atoms with Gasteiger partial charge in [-0.2, -0.15) is 0 Å². The lowest BCUT2D eigenvalue weighted by atomic mass is 9.94. The molecule has 12 heteroatoms. The van der Waals surface area contributed by atoms with Gasteiger partial charge >= 0.3 is 0 Å². The summed E-state index contributed by atoms with van der Waals surface area (Å²) in [5, 5.41) is 12.6. The van der Waals surface area contributed by atoms with Gasteiger partial charge in [0.05, 0.1) is 23.7 Å². The first kappa shape index (κ1) is 86.3. The first-order valence-corrected chi connectivity index (χ1v) is 42.0. The highest BCUT2D eigenvalue weighted by Gasteiger charge is 2.45. The first-order chi connectivity index (χ1) is 47.2. The molecule has 4 atom stereocenters. The van der Waals surface area contributed by atoms with Crippen molar-refractivity contribution in [3.05, 3.63) is 35.4 Å². The van der Waals surface area contributed by atoms with Crippen LogP contribution in [0.4, 0.5) is 0 Å². The van der Waals surface area contributed by atoms with E-state index in [0.29, 0.717) is 37.3 Å². The highest BCUT2D eigenvalue weighted by molar-refractivity contribution is 6.00. The van der Waals surface area contributed by atoms with Gasteiger partial charge in [0, 0.05) is 63.5 Å². The van der Waals surface area contributed by atoms with Crippen molar-refractivity contribution in [2.75, 3.05) is 52.4 Å². The highest BCUT2D eigenvalue weighted by atomic mass is 16.2. The summed E-state index contributed by atoms with van der Waals surface area (Å²) in [6.45, 7) is 11.9. The van der Waals surface area contributed by atoms with Crippen molar-refractivity contribution in [3.63, 3.8) is 0 Å². The normalized spacial score (nSPS) is 16.2. The second-order valence-corrected chi connectivity index (χ2v) is 30.0. The Morgan fingerprint density at radius 1 is 0.240 bits per heavy atom. The Hall–Kier alpha value is -3.96. The van der Waals surface area contributed by atoms with E-state index in [1.807, 2.05) is 0 Å². The quantitative estimate of drug-likeness (QED) is 0.0476. The number of unbranched alkanes of at least 4 members (excludes halogenated alkanes) is 52. The molecule has 4 N–H and O–H groups in total. The lowest BCUT2D eigenvalue weighted by molar-refractivity contribution is -0.132. The third-order valence-electron chi connectivity index (χ3n) is 21.3. The summed E-state index contributed by atoms with van der Waals surface area (Å²) in [7, 11) is 0. The van der Waals surface area contributed by atoms with E-state index in [4.69, 9.17) is 0 Å². The molecule has 0 bridgehead atoms. The van der Waals surface area contributed by atoms with E-state index in [2.05, 4.69) is 49.0 Å². The van der Waals surface area contributed by atoms with E-state index in [0.717, 1.165) is 77.0 Å². The summed E-state index contributed by atoms with van der Waals surface area (Å²) < 4.78 is 0. The number of nitrogens with zero attached hydrogens (tertiary/aromatic N) is 2. The molecule has 1 aromatic rings. The minimum Gasteiger partial charge on any atom is -0.356 e. The predicted octanol–water partition coefficient (Wildman–Crippen LogP) is 21.5. The van der Waals surface area contributed by atoms with Gasteiger partial charge in [0.15, 0.2) is 0 Å². The summed E-state index contributed by atoms with van der Waals surface area (Å²) in [6, 6.07) is 6.61. The molecule has 2 aliphatic rings. The number of carbonyl (C=O) groups is 6. The van der Waals surface area contributed by atoms with Crippen LogP contribution in [0, 0.1) is 23.7 Å². The average Bonchev–Trinajstić information content (AvgIpc) is 1.71. The summed E-state index contributed by atoms with van der Waals surface area (Å²) in [6.07, 6.45) is 70.8. The minimum atomic E-state index is -0.665. The molecule has 0 aliphatic carbocycles. The zero-order valence-electron chi connectivity index (χ0n) is 63.2. The van der Waals surface area contributed by atoms with Crippen molar-refractivity contribution >= 4 is 35.4 Å². The standard InChI is InChI=1S/C84H152N6O6/c1-5-9-13-17-21-25-29-33-37-41-45-49-53-57-65-85-79(91)75-69-89(70-76(75)80(92)86-66-58-54-50-46-42-38-34-30-26-22-18-14-10-6-2)83(95)73-61-63-74(64-62-73)84(96)90-71-77(81(93)87-67-59-55-51-47-43-39-35-31-27-23-19-15-11-7-3)78(72-90)82(94)88-68-60-56-52-48-44-40-36-32-28-24-20-16-12-8-4/h61-64,75-78H,5-60,65-72H2,1-4H3,(H,85,91)(H,86,92)(H,87,93)(H,88,94)/t75-,76-,77-,78-/m1/s1. The van der Waals surface area contributed by atoms with Crippen LogP contribution in [0.3, 0.4) is 0 Å². The summed E-state index contributed by atoms with van der Waals surface area (Å²) in [5.41, 5.74) is 0.749. The third kappa shape index (κ3) is 42.2. The van der Waals surface area contributed by atoms with E-state index >= 15 is 0 Å². The van der Waals surface area contributed by atoms with Crippen molar-refractivity contribution in [1.82, 2.24) is 31.1 Å². The number of nitrogens with one attached hydrogen (secondary N) is 4. The molecule has 0 aromatic heterocycles. The lowest BCUT2D eigenvalue weighted by Gasteiger charge is -2.18. The molecule has 2 aliphatic heterocycles. The SMILES string of the molecule is CCCCCCCCCCCCCCCCNC(=O)[C@@H]1CN(C(=O)c2ccc(C(=O)N3C[C@@H](C(=O)NCCCCCCCCCCCCCCCC)[C@H](C(=O)NCCCCCCCCCCCCCCCC)C3)cc2)C[C@H]1C(=O)NCCCCCCCCCCCCCCCC. The molecule has 0 unspecified atom stereocenters. The molecule has 96 heavy (non-hydrogen) atoms. The maximum atomic E-state index is 14.3. The molecule has 12 nitrogen and oxygen atoms in total. The Morgan fingerprint density at radius 3 is 0.521 bits per heavy atom. The number of benzene rings is 1. The van der Waals surface area contributed by atoms with Crippen molar-refractivity contribution in [2.45, 2.75) is 387 Å². The Balaban J connectivity index is 1.56. The highest BCUT2D eigenvalue weighted by Crippen LogP contribution is 2.29. The number of amides is 6. The number of hydrogen-bond acceptors (Lipinski definition) is 6. The Bertz CT molecular complexity index is 1820. The average molecular weight is 1340 g/mol. The molecule has 2 heterocycles. The van der Waals surface area contributed by atoms with Gasteiger partial charge in [-0.05, 0) is 49.9 Å². The van der Waals surface area contributed by atoms with Crippen molar-refractivity contribution in [3.8, 4) is 0 Å². The lowest BCUT2D eigenvalue weighted by Crippen LogP contribution is -2.42. The number of rotatable bonds is 66.